The van der Waals surface area contributed by atoms with Gasteiger partial charge in [0.15, 0.2) is 11.5 Å². The fourth-order valence-corrected chi connectivity index (χ4v) is 2.27. The van der Waals surface area contributed by atoms with Crippen LogP contribution in [0, 0.1) is 0 Å². The molecule has 0 spiro atoms. The summed E-state index contributed by atoms with van der Waals surface area (Å²) in [7, 11) is 3.09. The van der Waals surface area contributed by atoms with E-state index in [9.17, 15) is 4.79 Å². The van der Waals surface area contributed by atoms with Gasteiger partial charge in [-0.1, -0.05) is 0 Å². The first-order valence-electron chi connectivity index (χ1n) is 5.85. The molecular weight excluding hydrogens is 278 g/mol. The van der Waals surface area contributed by atoms with Gasteiger partial charge in [0.05, 0.1) is 14.2 Å². The van der Waals surface area contributed by atoms with Crippen molar-refractivity contribution in [1.82, 2.24) is 4.98 Å². The van der Waals surface area contributed by atoms with E-state index in [4.69, 9.17) is 15.2 Å². The van der Waals surface area contributed by atoms with Crippen LogP contribution in [0.2, 0.25) is 0 Å². The third-order valence-electron chi connectivity index (χ3n) is 2.60. The summed E-state index contributed by atoms with van der Waals surface area (Å²) in [6, 6.07) is 5.14. The van der Waals surface area contributed by atoms with E-state index in [1.54, 1.807) is 30.7 Å². The van der Waals surface area contributed by atoms with Gasteiger partial charge in [0.25, 0.3) is 5.91 Å². The van der Waals surface area contributed by atoms with Gasteiger partial charge < -0.3 is 20.5 Å². The number of amides is 1. The second-order valence-corrected chi connectivity index (χ2v) is 4.80. The number of nitrogens with two attached hydrogens (primary N) is 1. The second-order valence-electron chi connectivity index (χ2n) is 3.85. The summed E-state index contributed by atoms with van der Waals surface area (Å²) in [6.07, 6.45) is 0. The number of hydrogen-bond acceptors (Lipinski definition) is 6. The summed E-state index contributed by atoms with van der Waals surface area (Å²) in [5.41, 5.74) is 6.43. The van der Waals surface area contributed by atoms with Gasteiger partial charge in [0, 0.05) is 23.7 Å². The first-order chi connectivity index (χ1) is 9.67. The van der Waals surface area contributed by atoms with Crippen molar-refractivity contribution in [3.63, 3.8) is 0 Å². The fraction of sp³-hybridized carbons (Fsp3) is 0.231. The molecule has 7 heteroatoms. The minimum absolute atomic E-state index is 0.284. The summed E-state index contributed by atoms with van der Waals surface area (Å²) >= 11 is 1.36. The van der Waals surface area contributed by atoms with Gasteiger partial charge in [0.2, 0.25) is 0 Å². The number of carbonyl (C=O) groups excluding carboxylic acids is 1. The molecule has 1 heterocycles. The topological polar surface area (TPSA) is 86.5 Å². The highest BCUT2D eigenvalue weighted by atomic mass is 32.1. The molecule has 0 bridgehead atoms. The Labute approximate surface area is 120 Å². The van der Waals surface area contributed by atoms with E-state index in [1.165, 1.54) is 18.4 Å². The number of nitrogens with one attached hydrogen (secondary N) is 1. The quantitative estimate of drug-likeness (QED) is 0.879. The number of carbonyl (C=O) groups is 1. The normalized spacial score (nSPS) is 10.2. The predicted octanol–water partition coefficient (Wildman–Crippen LogP) is 1.87. The molecule has 0 atom stereocenters. The maximum absolute atomic E-state index is 12.0. The van der Waals surface area contributed by atoms with Gasteiger partial charge in [-0.3, -0.25) is 4.79 Å². The number of methoxy groups -OCH3 is 2. The number of ether oxygens (including phenoxy) is 2. The molecule has 2 aromatic rings. The Morgan fingerprint density at radius 1 is 1.35 bits per heavy atom. The minimum Gasteiger partial charge on any atom is -0.493 e. The smallest absolute Gasteiger partial charge is 0.275 e. The molecule has 6 nitrogen and oxygen atoms in total. The van der Waals surface area contributed by atoms with E-state index >= 15 is 0 Å². The van der Waals surface area contributed by atoms with Crippen LogP contribution >= 0.6 is 11.3 Å². The third kappa shape index (κ3) is 3.06. The Balaban J connectivity index is 2.15. The molecule has 0 aliphatic rings. The van der Waals surface area contributed by atoms with E-state index in [0.717, 1.165) is 5.01 Å². The number of anilines is 1. The van der Waals surface area contributed by atoms with Crippen molar-refractivity contribution in [2.45, 2.75) is 6.54 Å². The van der Waals surface area contributed by atoms with Gasteiger partial charge >= 0.3 is 0 Å². The second kappa shape index (κ2) is 6.36. The Kier molecular flexibility index (Phi) is 4.54. The lowest BCUT2D eigenvalue weighted by Crippen LogP contribution is -2.12. The SMILES string of the molecule is COc1ccc(NC(=O)c2csc(CN)n2)cc1OC. The predicted molar refractivity (Wildman–Crippen MR) is 77.5 cm³/mol. The van der Waals surface area contributed by atoms with E-state index in [0.29, 0.717) is 29.4 Å². The molecule has 0 unspecified atom stereocenters. The van der Waals surface area contributed by atoms with Crippen LogP contribution in [-0.4, -0.2) is 25.1 Å². The fourth-order valence-electron chi connectivity index (χ4n) is 1.62. The van der Waals surface area contributed by atoms with Gasteiger partial charge in [0.1, 0.15) is 10.7 Å². The van der Waals surface area contributed by atoms with Crippen molar-refractivity contribution < 1.29 is 14.3 Å². The van der Waals surface area contributed by atoms with Crippen molar-refractivity contribution in [1.29, 1.82) is 0 Å². The summed E-state index contributed by atoms with van der Waals surface area (Å²) in [5.74, 6) is 0.865. The molecule has 106 valence electrons. The molecule has 0 aliphatic heterocycles. The van der Waals surface area contributed by atoms with Crippen LogP contribution in [0.4, 0.5) is 5.69 Å². The minimum atomic E-state index is -0.284. The Morgan fingerprint density at radius 3 is 2.70 bits per heavy atom. The molecule has 0 saturated heterocycles. The van der Waals surface area contributed by atoms with Crippen LogP contribution in [0.1, 0.15) is 15.5 Å². The monoisotopic (exact) mass is 293 g/mol. The van der Waals surface area contributed by atoms with Crippen LogP contribution < -0.4 is 20.5 Å². The zero-order chi connectivity index (χ0) is 14.5. The maximum Gasteiger partial charge on any atom is 0.275 e. The van der Waals surface area contributed by atoms with E-state index < -0.39 is 0 Å². The number of nitrogens with zero attached hydrogens (tertiary/aromatic N) is 1. The summed E-state index contributed by atoms with van der Waals surface area (Å²) in [5, 5.41) is 5.15. The summed E-state index contributed by atoms with van der Waals surface area (Å²) in [4.78, 5) is 16.1. The lowest BCUT2D eigenvalue weighted by Gasteiger charge is -2.09. The van der Waals surface area contributed by atoms with E-state index in [1.807, 2.05) is 0 Å². The zero-order valence-electron chi connectivity index (χ0n) is 11.2. The average Bonchev–Trinajstić information content (AvgIpc) is 2.96. The number of hydrogen-bond donors (Lipinski definition) is 2. The van der Waals surface area contributed by atoms with Crippen LogP contribution in [0.15, 0.2) is 23.6 Å². The van der Waals surface area contributed by atoms with Crippen LogP contribution in [0.5, 0.6) is 11.5 Å². The molecular formula is C13H15N3O3S. The first kappa shape index (κ1) is 14.3. The van der Waals surface area contributed by atoms with Crippen LogP contribution in [0.3, 0.4) is 0 Å². The Morgan fingerprint density at radius 2 is 2.10 bits per heavy atom. The lowest BCUT2D eigenvalue weighted by atomic mass is 10.2. The van der Waals surface area contributed by atoms with Gasteiger partial charge in [-0.25, -0.2) is 4.98 Å². The number of aromatic nitrogens is 1. The standard InChI is InChI=1S/C13H15N3O3S/c1-18-10-4-3-8(5-11(10)19-2)15-13(17)9-7-20-12(6-14)16-9/h3-5,7H,6,14H2,1-2H3,(H,15,17). The van der Waals surface area contributed by atoms with Gasteiger partial charge in [-0.2, -0.15) is 0 Å². The number of rotatable bonds is 5. The molecule has 0 radical (unpaired) electrons. The Hall–Kier alpha value is -2.12. The molecule has 20 heavy (non-hydrogen) atoms. The van der Waals surface area contributed by atoms with Gasteiger partial charge in [-0.15, -0.1) is 11.3 Å². The molecule has 1 aromatic carbocycles. The molecule has 0 saturated carbocycles. The first-order valence-corrected chi connectivity index (χ1v) is 6.73. The number of thiazole rings is 1. The van der Waals surface area contributed by atoms with E-state index in [-0.39, 0.29) is 5.91 Å². The zero-order valence-corrected chi connectivity index (χ0v) is 12.0. The van der Waals surface area contributed by atoms with Gasteiger partial charge in [-0.05, 0) is 12.1 Å². The van der Waals surface area contributed by atoms with Crippen molar-refractivity contribution >= 4 is 22.9 Å². The molecule has 3 N–H and O–H groups in total. The highest BCUT2D eigenvalue weighted by molar-refractivity contribution is 7.09. The molecule has 0 fully saturated rings. The summed E-state index contributed by atoms with van der Waals surface area (Å²) in [6.45, 7) is 0.328. The highest BCUT2D eigenvalue weighted by Crippen LogP contribution is 2.29. The molecule has 1 aromatic heterocycles. The lowest BCUT2D eigenvalue weighted by molar-refractivity contribution is 0.102. The van der Waals surface area contributed by atoms with Crippen molar-refractivity contribution in [3.05, 3.63) is 34.3 Å². The van der Waals surface area contributed by atoms with Crippen LogP contribution in [0.25, 0.3) is 0 Å². The maximum atomic E-state index is 12.0. The summed E-state index contributed by atoms with van der Waals surface area (Å²) < 4.78 is 10.3. The largest absolute Gasteiger partial charge is 0.493 e. The number of benzene rings is 1. The van der Waals surface area contributed by atoms with Crippen LogP contribution in [-0.2, 0) is 6.54 Å². The highest BCUT2D eigenvalue weighted by Gasteiger charge is 2.12. The average molecular weight is 293 g/mol. The Bertz CT molecular complexity index is 613. The third-order valence-corrected chi connectivity index (χ3v) is 3.47. The van der Waals surface area contributed by atoms with Crippen molar-refractivity contribution in [3.8, 4) is 11.5 Å². The van der Waals surface area contributed by atoms with E-state index in [2.05, 4.69) is 10.3 Å². The van der Waals surface area contributed by atoms with Crippen molar-refractivity contribution in [2.75, 3.05) is 19.5 Å². The van der Waals surface area contributed by atoms with Crippen molar-refractivity contribution in [2.24, 2.45) is 5.73 Å². The molecule has 0 aliphatic carbocycles. The molecule has 1 amide bonds. The molecule has 2 rings (SSSR count).